The zero-order chi connectivity index (χ0) is 13.1. The minimum absolute atomic E-state index is 0.0218. The van der Waals surface area contributed by atoms with Gasteiger partial charge in [-0.1, -0.05) is 23.2 Å². The van der Waals surface area contributed by atoms with Gasteiger partial charge in [0.1, 0.15) is 5.56 Å². The molecule has 4 nitrogen and oxygen atoms in total. The topological polar surface area (TPSA) is 62.0 Å². The monoisotopic (exact) mass is 282 g/mol. The predicted octanol–water partition coefficient (Wildman–Crippen LogP) is 2.93. The lowest BCUT2D eigenvalue weighted by atomic mass is 10.2. The van der Waals surface area contributed by atoms with Crippen LogP contribution in [0.15, 0.2) is 41.5 Å². The van der Waals surface area contributed by atoms with Crippen molar-refractivity contribution in [2.24, 2.45) is 0 Å². The van der Waals surface area contributed by atoms with Gasteiger partial charge in [0, 0.05) is 34.2 Å². The Hall–Kier alpha value is -1.78. The Kier molecular flexibility index (Phi) is 3.69. The second kappa shape index (κ2) is 5.25. The molecule has 0 aliphatic rings. The molecule has 2 N–H and O–H groups in total. The molecule has 0 saturated heterocycles. The summed E-state index contributed by atoms with van der Waals surface area (Å²) >= 11 is 11.6. The molecule has 0 atom stereocenters. The van der Waals surface area contributed by atoms with Gasteiger partial charge in [-0.2, -0.15) is 0 Å². The second-order valence-electron chi connectivity index (χ2n) is 3.53. The van der Waals surface area contributed by atoms with Crippen LogP contribution < -0.4 is 10.7 Å². The molecule has 2 rings (SSSR count). The van der Waals surface area contributed by atoms with Gasteiger partial charge >= 0.3 is 0 Å². The van der Waals surface area contributed by atoms with Gasteiger partial charge in [0.25, 0.3) is 5.91 Å². The first-order valence-corrected chi connectivity index (χ1v) is 5.76. The van der Waals surface area contributed by atoms with Gasteiger partial charge in [-0.15, -0.1) is 0 Å². The number of aromatic nitrogens is 1. The molecule has 1 heterocycles. The number of pyridine rings is 1. The van der Waals surface area contributed by atoms with Crippen LogP contribution in [-0.2, 0) is 0 Å². The minimum Gasteiger partial charge on any atom is -0.367 e. The molecule has 2 aromatic rings. The fraction of sp³-hybridized carbons (Fsp3) is 0. The molecule has 0 spiro atoms. The predicted molar refractivity (Wildman–Crippen MR) is 71.5 cm³/mol. The summed E-state index contributed by atoms with van der Waals surface area (Å²) in [7, 11) is 0. The number of amides is 1. The maximum atomic E-state index is 11.8. The molecule has 0 aliphatic carbocycles. The van der Waals surface area contributed by atoms with E-state index in [9.17, 15) is 9.59 Å². The summed E-state index contributed by atoms with van der Waals surface area (Å²) in [6.07, 6.45) is 2.79. The van der Waals surface area contributed by atoms with Crippen molar-refractivity contribution in [2.75, 3.05) is 5.32 Å². The Morgan fingerprint density at radius 1 is 1.17 bits per heavy atom. The summed E-state index contributed by atoms with van der Waals surface area (Å²) in [6, 6.07) is 5.92. The summed E-state index contributed by atoms with van der Waals surface area (Å²) in [5, 5.41) is 3.36. The average molecular weight is 283 g/mol. The summed E-state index contributed by atoms with van der Waals surface area (Å²) in [5.41, 5.74) is 0.0914. The molecule has 18 heavy (non-hydrogen) atoms. The van der Waals surface area contributed by atoms with E-state index in [1.54, 1.807) is 18.2 Å². The maximum absolute atomic E-state index is 11.8. The van der Waals surface area contributed by atoms with Crippen molar-refractivity contribution in [3.63, 3.8) is 0 Å². The number of H-pyrrole nitrogens is 1. The zero-order valence-electron chi connectivity index (χ0n) is 9.04. The van der Waals surface area contributed by atoms with Crippen LogP contribution in [0.2, 0.25) is 10.0 Å². The van der Waals surface area contributed by atoms with Gasteiger partial charge in [-0.05, 0) is 18.2 Å². The van der Waals surface area contributed by atoms with E-state index >= 15 is 0 Å². The van der Waals surface area contributed by atoms with Crippen LogP contribution in [0.5, 0.6) is 0 Å². The number of hydrogen-bond donors (Lipinski definition) is 2. The molecule has 0 fully saturated rings. The Morgan fingerprint density at radius 3 is 2.44 bits per heavy atom. The van der Waals surface area contributed by atoms with Crippen LogP contribution >= 0.6 is 23.2 Å². The molecule has 0 aliphatic heterocycles. The molecule has 1 amide bonds. The van der Waals surface area contributed by atoms with E-state index in [1.807, 2.05) is 0 Å². The van der Waals surface area contributed by atoms with Crippen LogP contribution in [0.1, 0.15) is 10.4 Å². The molecular weight excluding hydrogens is 275 g/mol. The van der Waals surface area contributed by atoms with Crippen molar-refractivity contribution in [3.8, 4) is 0 Å². The van der Waals surface area contributed by atoms with E-state index in [1.165, 1.54) is 18.5 Å². The third-order valence-corrected chi connectivity index (χ3v) is 2.63. The number of nitrogens with one attached hydrogen (secondary N) is 2. The van der Waals surface area contributed by atoms with Gasteiger partial charge in [0.2, 0.25) is 0 Å². The van der Waals surface area contributed by atoms with Crippen molar-refractivity contribution in [1.82, 2.24) is 4.98 Å². The third-order valence-electron chi connectivity index (χ3n) is 2.19. The summed E-state index contributed by atoms with van der Waals surface area (Å²) in [5.74, 6) is -0.518. The number of anilines is 1. The molecule has 0 bridgehead atoms. The number of carbonyl (C=O) groups is 1. The highest BCUT2D eigenvalue weighted by atomic mass is 35.5. The van der Waals surface area contributed by atoms with Crippen LogP contribution in [-0.4, -0.2) is 10.9 Å². The summed E-state index contributed by atoms with van der Waals surface area (Å²) in [4.78, 5) is 26.0. The lowest BCUT2D eigenvalue weighted by Gasteiger charge is -2.05. The Balaban J connectivity index is 2.27. The van der Waals surface area contributed by atoms with Gasteiger partial charge in [0.15, 0.2) is 5.43 Å². The standard InChI is InChI=1S/C12H8Cl2N2O2/c13-7-3-8(14)5-9(4-7)16-12(18)10-6-15-2-1-11(10)17/h1-6H,(H,15,17)(H,16,18). The molecule has 92 valence electrons. The van der Waals surface area contributed by atoms with Crippen molar-refractivity contribution in [1.29, 1.82) is 0 Å². The number of carbonyl (C=O) groups excluding carboxylic acids is 1. The Morgan fingerprint density at radius 2 is 1.83 bits per heavy atom. The molecule has 0 radical (unpaired) electrons. The molecule has 0 unspecified atom stereocenters. The highest BCUT2D eigenvalue weighted by molar-refractivity contribution is 6.35. The first-order valence-electron chi connectivity index (χ1n) is 5.01. The lowest BCUT2D eigenvalue weighted by Crippen LogP contribution is -2.20. The first kappa shape index (κ1) is 12.7. The normalized spacial score (nSPS) is 10.1. The Labute approximate surface area is 113 Å². The van der Waals surface area contributed by atoms with Crippen molar-refractivity contribution < 1.29 is 4.79 Å². The summed E-state index contributed by atoms with van der Waals surface area (Å²) < 4.78 is 0. The van der Waals surface area contributed by atoms with Crippen molar-refractivity contribution in [2.45, 2.75) is 0 Å². The number of hydrogen-bond acceptors (Lipinski definition) is 2. The molecular formula is C12H8Cl2N2O2. The molecule has 6 heteroatoms. The van der Waals surface area contributed by atoms with Crippen LogP contribution in [0.25, 0.3) is 0 Å². The van der Waals surface area contributed by atoms with Crippen LogP contribution in [0, 0.1) is 0 Å². The fourth-order valence-corrected chi connectivity index (χ4v) is 1.94. The van der Waals surface area contributed by atoms with E-state index in [0.29, 0.717) is 15.7 Å². The van der Waals surface area contributed by atoms with Crippen molar-refractivity contribution >= 4 is 34.8 Å². The van der Waals surface area contributed by atoms with Crippen LogP contribution in [0.3, 0.4) is 0 Å². The largest absolute Gasteiger partial charge is 0.367 e. The van der Waals surface area contributed by atoms with Gasteiger partial charge in [-0.3, -0.25) is 9.59 Å². The highest BCUT2D eigenvalue weighted by Crippen LogP contribution is 2.22. The summed E-state index contributed by atoms with van der Waals surface area (Å²) in [6.45, 7) is 0. The molecule has 1 aromatic heterocycles. The number of halogens is 2. The minimum atomic E-state index is -0.518. The maximum Gasteiger partial charge on any atom is 0.261 e. The van der Waals surface area contributed by atoms with Gasteiger partial charge < -0.3 is 10.3 Å². The number of rotatable bonds is 2. The highest BCUT2D eigenvalue weighted by Gasteiger charge is 2.10. The van der Waals surface area contributed by atoms with E-state index in [2.05, 4.69) is 10.3 Å². The molecule has 1 aromatic carbocycles. The number of aromatic amines is 1. The van der Waals surface area contributed by atoms with E-state index in [4.69, 9.17) is 23.2 Å². The quantitative estimate of drug-likeness (QED) is 0.890. The zero-order valence-corrected chi connectivity index (χ0v) is 10.5. The van der Waals surface area contributed by atoms with E-state index in [0.717, 1.165) is 0 Å². The van der Waals surface area contributed by atoms with Gasteiger partial charge in [-0.25, -0.2) is 0 Å². The third kappa shape index (κ3) is 2.91. The smallest absolute Gasteiger partial charge is 0.261 e. The Bertz CT molecular complexity index is 632. The second-order valence-corrected chi connectivity index (χ2v) is 4.41. The van der Waals surface area contributed by atoms with Gasteiger partial charge in [0.05, 0.1) is 0 Å². The average Bonchev–Trinajstić information content (AvgIpc) is 2.27. The SMILES string of the molecule is O=C(Nc1cc(Cl)cc(Cl)c1)c1c[nH]ccc1=O. The van der Waals surface area contributed by atoms with Crippen molar-refractivity contribution in [3.05, 3.63) is 62.5 Å². The number of benzene rings is 1. The first-order chi connectivity index (χ1) is 8.56. The fourth-order valence-electron chi connectivity index (χ4n) is 1.42. The van der Waals surface area contributed by atoms with E-state index in [-0.39, 0.29) is 11.0 Å². The molecule has 0 saturated carbocycles. The van der Waals surface area contributed by atoms with Crippen LogP contribution in [0.4, 0.5) is 5.69 Å². The van der Waals surface area contributed by atoms with E-state index < -0.39 is 5.91 Å². The lowest BCUT2D eigenvalue weighted by molar-refractivity contribution is 0.102.